The van der Waals surface area contributed by atoms with Crippen LogP contribution in [0.5, 0.6) is 11.5 Å². The maximum Gasteiger partial charge on any atom is 0.446 e. The summed E-state index contributed by atoms with van der Waals surface area (Å²) in [5.74, 6) is -1.51. The number of hydrogen-bond donors (Lipinski definition) is 2. The highest BCUT2D eigenvalue weighted by molar-refractivity contribution is 7.81. The first-order valence-corrected chi connectivity index (χ1v) is 9.95. The standard InChI is InChI=1S/C18H22O8S/c1-12-6-5-9-14(19)8-4-2-3-7-13-10-15(26-27(22,23)24)11-16(20)17(13)18(21)25-12/h3,7,10-12,20H,2,4-6,8-9H2,1H3,(H,22,23,24)/b7-3+. The fraction of sp³-hybridized carbons (Fsp3) is 0.444. The molecular formula is C18H22O8S. The molecule has 1 heterocycles. The summed E-state index contributed by atoms with van der Waals surface area (Å²) in [6.07, 6.45) is 5.93. The lowest BCUT2D eigenvalue weighted by atomic mass is 10.0. The minimum atomic E-state index is -4.79. The second-order valence-electron chi connectivity index (χ2n) is 6.36. The Hall–Kier alpha value is -2.39. The van der Waals surface area contributed by atoms with E-state index in [1.54, 1.807) is 13.0 Å². The summed E-state index contributed by atoms with van der Waals surface area (Å²) >= 11 is 0. The maximum absolute atomic E-state index is 12.5. The van der Waals surface area contributed by atoms with Crippen LogP contribution < -0.4 is 4.18 Å². The molecule has 0 aliphatic carbocycles. The predicted molar refractivity (Wildman–Crippen MR) is 96.9 cm³/mol. The molecule has 0 aromatic heterocycles. The second-order valence-corrected chi connectivity index (χ2v) is 7.38. The topological polar surface area (TPSA) is 127 Å². The molecule has 0 spiro atoms. The monoisotopic (exact) mass is 398 g/mol. The molecule has 2 rings (SSSR count). The van der Waals surface area contributed by atoms with Gasteiger partial charge in [-0.2, -0.15) is 8.42 Å². The molecule has 1 atom stereocenters. The van der Waals surface area contributed by atoms with Crippen LogP contribution in [0.3, 0.4) is 0 Å². The summed E-state index contributed by atoms with van der Waals surface area (Å²) in [4.78, 5) is 24.3. The fourth-order valence-corrected chi connectivity index (χ4v) is 3.12. The van der Waals surface area contributed by atoms with Gasteiger partial charge in [-0.15, -0.1) is 0 Å². The third-order valence-electron chi connectivity index (χ3n) is 4.03. The van der Waals surface area contributed by atoms with E-state index in [0.717, 1.165) is 6.07 Å². The molecule has 0 fully saturated rings. The van der Waals surface area contributed by atoms with Crippen LogP contribution in [0.1, 0.15) is 61.4 Å². The van der Waals surface area contributed by atoms with Gasteiger partial charge >= 0.3 is 16.4 Å². The molecule has 8 nitrogen and oxygen atoms in total. The summed E-state index contributed by atoms with van der Waals surface area (Å²) in [5.41, 5.74) is 0.0446. The summed E-state index contributed by atoms with van der Waals surface area (Å²) in [5, 5.41) is 10.2. The molecule has 1 aromatic carbocycles. The molecule has 1 aromatic rings. The van der Waals surface area contributed by atoms with Gasteiger partial charge in [0, 0.05) is 18.9 Å². The maximum atomic E-state index is 12.5. The van der Waals surface area contributed by atoms with Gasteiger partial charge < -0.3 is 14.0 Å². The third-order valence-corrected chi connectivity index (χ3v) is 4.43. The van der Waals surface area contributed by atoms with E-state index in [4.69, 9.17) is 9.29 Å². The first kappa shape index (κ1) is 20.9. The number of rotatable bonds is 2. The van der Waals surface area contributed by atoms with Crippen LogP contribution in [0.25, 0.3) is 6.08 Å². The van der Waals surface area contributed by atoms with Crippen molar-refractivity contribution in [3.05, 3.63) is 29.3 Å². The number of cyclic esters (lactones) is 1. The van der Waals surface area contributed by atoms with E-state index >= 15 is 0 Å². The van der Waals surface area contributed by atoms with Crippen molar-refractivity contribution in [1.29, 1.82) is 0 Å². The van der Waals surface area contributed by atoms with Gasteiger partial charge in [0.25, 0.3) is 0 Å². The lowest BCUT2D eigenvalue weighted by molar-refractivity contribution is -0.119. The van der Waals surface area contributed by atoms with Crippen molar-refractivity contribution in [2.24, 2.45) is 0 Å². The Balaban J connectivity index is 2.40. The molecule has 1 unspecified atom stereocenters. The molecule has 0 saturated carbocycles. The Labute approximate surface area is 157 Å². The summed E-state index contributed by atoms with van der Waals surface area (Å²) in [6, 6.07) is 2.11. The normalized spacial score (nSPS) is 20.9. The van der Waals surface area contributed by atoms with Crippen LogP contribution in [-0.2, 0) is 19.9 Å². The zero-order valence-electron chi connectivity index (χ0n) is 14.9. The number of ether oxygens (including phenoxy) is 1. The van der Waals surface area contributed by atoms with Gasteiger partial charge in [-0.3, -0.25) is 9.35 Å². The average Bonchev–Trinajstić information content (AvgIpc) is 2.51. The van der Waals surface area contributed by atoms with Gasteiger partial charge in [0.05, 0.1) is 6.10 Å². The van der Waals surface area contributed by atoms with Crippen molar-refractivity contribution >= 4 is 28.2 Å². The van der Waals surface area contributed by atoms with Crippen LogP contribution in [0.4, 0.5) is 0 Å². The van der Waals surface area contributed by atoms with E-state index in [9.17, 15) is 23.1 Å². The summed E-state index contributed by atoms with van der Waals surface area (Å²) in [7, 11) is -4.79. The van der Waals surface area contributed by atoms with E-state index in [0.29, 0.717) is 38.5 Å². The molecule has 9 heteroatoms. The van der Waals surface area contributed by atoms with Gasteiger partial charge in [-0.05, 0) is 44.2 Å². The van der Waals surface area contributed by atoms with Crippen LogP contribution in [0.15, 0.2) is 18.2 Å². The lowest BCUT2D eigenvalue weighted by Gasteiger charge is -2.16. The van der Waals surface area contributed by atoms with E-state index in [2.05, 4.69) is 4.18 Å². The molecular weight excluding hydrogens is 376 g/mol. The number of Topliss-reactive ketones (excluding diaryl/α,β-unsaturated/α-hetero) is 1. The number of esters is 1. The number of allylic oxidation sites excluding steroid dienone is 1. The van der Waals surface area contributed by atoms with Gasteiger partial charge in [-0.1, -0.05) is 12.2 Å². The van der Waals surface area contributed by atoms with Gasteiger partial charge in [0.1, 0.15) is 22.8 Å². The van der Waals surface area contributed by atoms with Crippen molar-refractivity contribution in [2.45, 2.75) is 51.6 Å². The second kappa shape index (κ2) is 9.01. The highest BCUT2D eigenvalue weighted by Gasteiger charge is 2.22. The van der Waals surface area contributed by atoms with E-state index < -0.39 is 28.2 Å². The average molecular weight is 398 g/mol. The predicted octanol–water partition coefficient (Wildman–Crippen LogP) is 3.06. The number of ketones is 1. The Morgan fingerprint density at radius 1 is 1.19 bits per heavy atom. The molecule has 0 radical (unpaired) electrons. The number of aromatic hydroxyl groups is 1. The molecule has 2 N–H and O–H groups in total. The largest absolute Gasteiger partial charge is 0.507 e. The molecule has 1 aliphatic rings. The highest BCUT2D eigenvalue weighted by atomic mass is 32.3. The number of phenolic OH excluding ortho intramolecular Hbond substituents is 1. The van der Waals surface area contributed by atoms with Crippen LogP contribution in [0, 0.1) is 0 Å². The van der Waals surface area contributed by atoms with Crippen LogP contribution >= 0.6 is 0 Å². The van der Waals surface area contributed by atoms with Crippen molar-refractivity contribution in [3.8, 4) is 11.5 Å². The molecule has 0 bridgehead atoms. The zero-order valence-corrected chi connectivity index (χ0v) is 15.7. The zero-order chi connectivity index (χ0) is 20.0. The summed E-state index contributed by atoms with van der Waals surface area (Å²) < 4.78 is 40.3. The molecule has 27 heavy (non-hydrogen) atoms. The molecule has 0 amide bonds. The quantitative estimate of drug-likeness (QED) is 0.575. The highest BCUT2D eigenvalue weighted by Crippen LogP contribution is 2.31. The van der Waals surface area contributed by atoms with Crippen molar-refractivity contribution in [2.75, 3.05) is 0 Å². The SMILES string of the molecule is CC1CCCC(=O)CCC/C=C/c2cc(OS(=O)(=O)O)cc(O)c2C(=O)O1. The first-order valence-electron chi connectivity index (χ1n) is 8.59. The van der Waals surface area contributed by atoms with Gasteiger partial charge in [-0.25, -0.2) is 4.79 Å². The molecule has 1 aliphatic heterocycles. The first-order chi connectivity index (χ1) is 12.7. The Morgan fingerprint density at radius 3 is 2.59 bits per heavy atom. The smallest absolute Gasteiger partial charge is 0.446 e. The van der Waals surface area contributed by atoms with Crippen LogP contribution in [0.2, 0.25) is 0 Å². The van der Waals surface area contributed by atoms with Crippen molar-refractivity contribution in [1.82, 2.24) is 0 Å². The van der Waals surface area contributed by atoms with Gasteiger partial charge in [0.15, 0.2) is 0 Å². The van der Waals surface area contributed by atoms with E-state index in [1.165, 1.54) is 12.1 Å². The van der Waals surface area contributed by atoms with E-state index in [-0.39, 0.29) is 22.7 Å². The Kier molecular flexibility index (Phi) is 6.98. The minimum absolute atomic E-state index is 0.131. The number of hydrogen-bond acceptors (Lipinski definition) is 7. The number of carbonyl (C=O) groups is 2. The lowest BCUT2D eigenvalue weighted by Crippen LogP contribution is -2.17. The third kappa shape index (κ3) is 6.69. The molecule has 148 valence electrons. The number of carbonyl (C=O) groups excluding carboxylic acids is 2. The minimum Gasteiger partial charge on any atom is -0.507 e. The van der Waals surface area contributed by atoms with E-state index in [1.807, 2.05) is 0 Å². The molecule has 0 saturated heterocycles. The van der Waals surface area contributed by atoms with Crippen LogP contribution in [-0.4, -0.2) is 35.9 Å². The van der Waals surface area contributed by atoms with Gasteiger partial charge in [0.2, 0.25) is 0 Å². The Bertz CT molecular complexity index is 841. The number of fused-ring (bicyclic) bond motifs is 1. The van der Waals surface area contributed by atoms with Crippen molar-refractivity contribution < 1.29 is 36.6 Å². The number of phenols is 1. The Morgan fingerprint density at radius 2 is 1.89 bits per heavy atom. The fourth-order valence-electron chi connectivity index (χ4n) is 2.79. The number of benzene rings is 1. The van der Waals surface area contributed by atoms with Crippen molar-refractivity contribution in [3.63, 3.8) is 0 Å². The summed E-state index contributed by atoms with van der Waals surface area (Å²) in [6.45, 7) is 1.69.